The predicted octanol–water partition coefficient (Wildman–Crippen LogP) is 3.48. The molecule has 0 unspecified atom stereocenters. The monoisotopic (exact) mass is 345 g/mol. The quantitative estimate of drug-likeness (QED) is 0.612. The first kappa shape index (κ1) is 15.8. The van der Waals surface area contributed by atoms with E-state index < -0.39 is 0 Å². The van der Waals surface area contributed by atoms with Crippen molar-refractivity contribution in [2.45, 2.75) is 6.92 Å². The van der Waals surface area contributed by atoms with Gasteiger partial charge in [0.05, 0.1) is 23.2 Å². The average Bonchev–Trinajstić information content (AvgIpc) is 3.36. The predicted molar refractivity (Wildman–Crippen MR) is 96.0 cm³/mol. The third kappa shape index (κ3) is 2.98. The molecule has 1 N–H and O–H groups in total. The van der Waals surface area contributed by atoms with Gasteiger partial charge in [0.2, 0.25) is 0 Å². The van der Waals surface area contributed by atoms with Crippen LogP contribution in [0.3, 0.4) is 0 Å². The van der Waals surface area contributed by atoms with Crippen molar-refractivity contribution in [2.75, 3.05) is 5.32 Å². The normalized spacial score (nSPS) is 10.7. The number of furan rings is 1. The summed E-state index contributed by atoms with van der Waals surface area (Å²) in [5.74, 6) is 0.944. The van der Waals surface area contributed by atoms with Gasteiger partial charge in [-0.15, -0.1) is 0 Å². The number of aryl methyl sites for hydroxylation is 1. The molecule has 4 rings (SSSR count). The minimum absolute atomic E-state index is 0.262. The summed E-state index contributed by atoms with van der Waals surface area (Å²) in [7, 11) is 0. The van der Waals surface area contributed by atoms with Crippen molar-refractivity contribution in [2.24, 2.45) is 0 Å². The fourth-order valence-corrected chi connectivity index (χ4v) is 2.62. The van der Waals surface area contributed by atoms with Crippen molar-refractivity contribution in [1.29, 1.82) is 0 Å². The van der Waals surface area contributed by atoms with Gasteiger partial charge < -0.3 is 9.73 Å². The minimum Gasteiger partial charge on any atom is -0.463 e. The lowest BCUT2D eigenvalue weighted by molar-refractivity contribution is 0.102. The zero-order valence-electron chi connectivity index (χ0n) is 14.0. The fraction of sp³-hybridized carbons (Fsp3) is 0.0526. The summed E-state index contributed by atoms with van der Waals surface area (Å²) < 4.78 is 6.94. The van der Waals surface area contributed by atoms with E-state index in [0.29, 0.717) is 34.2 Å². The average molecular weight is 345 g/mol. The molecule has 0 aliphatic carbocycles. The van der Waals surface area contributed by atoms with Crippen molar-refractivity contribution in [1.82, 2.24) is 19.7 Å². The lowest BCUT2D eigenvalue weighted by Crippen LogP contribution is -2.16. The topological polar surface area (TPSA) is 85.8 Å². The van der Waals surface area contributed by atoms with Gasteiger partial charge in [-0.2, -0.15) is 5.10 Å². The number of amides is 1. The van der Waals surface area contributed by atoms with E-state index in [0.717, 1.165) is 0 Å². The van der Waals surface area contributed by atoms with Crippen molar-refractivity contribution in [3.8, 4) is 17.3 Å². The van der Waals surface area contributed by atoms with Crippen LogP contribution in [-0.4, -0.2) is 25.7 Å². The minimum atomic E-state index is -0.262. The van der Waals surface area contributed by atoms with Crippen LogP contribution >= 0.6 is 0 Å². The van der Waals surface area contributed by atoms with Gasteiger partial charge in [0, 0.05) is 18.6 Å². The Morgan fingerprint density at radius 2 is 2.04 bits per heavy atom. The summed E-state index contributed by atoms with van der Waals surface area (Å²) in [4.78, 5) is 21.5. The first-order valence-electron chi connectivity index (χ1n) is 8.00. The maximum atomic E-state index is 12.7. The van der Waals surface area contributed by atoms with Crippen molar-refractivity contribution in [3.63, 3.8) is 0 Å². The molecule has 0 aliphatic rings. The molecule has 4 heterocycles. The van der Waals surface area contributed by atoms with Gasteiger partial charge in [-0.3, -0.25) is 4.79 Å². The van der Waals surface area contributed by atoms with Gasteiger partial charge in [-0.1, -0.05) is 0 Å². The molecule has 0 radical (unpaired) electrons. The highest BCUT2D eigenvalue weighted by molar-refractivity contribution is 6.05. The van der Waals surface area contributed by atoms with Crippen LogP contribution in [-0.2, 0) is 0 Å². The van der Waals surface area contributed by atoms with Crippen LogP contribution in [0.2, 0.25) is 0 Å². The number of nitrogens with one attached hydrogen (secondary N) is 1. The molecule has 26 heavy (non-hydrogen) atoms. The molecule has 4 aromatic rings. The number of carbonyl (C=O) groups excluding carboxylic acids is 1. The molecule has 0 aliphatic heterocycles. The summed E-state index contributed by atoms with van der Waals surface area (Å²) in [6.45, 7) is 1.79. The molecule has 0 aromatic carbocycles. The number of rotatable bonds is 4. The molecule has 0 saturated heterocycles. The highest BCUT2D eigenvalue weighted by Crippen LogP contribution is 2.21. The molecule has 0 bridgehead atoms. The van der Waals surface area contributed by atoms with Crippen LogP contribution in [0.5, 0.6) is 0 Å². The van der Waals surface area contributed by atoms with Crippen LogP contribution in [0.4, 0.5) is 5.69 Å². The standard InChI is InChI=1S/C19H15N5O2/c1-13-14(7-8-15(22-13)17-6-3-12-26-17)19(25)23-16-5-2-9-20-18(16)24-11-4-10-21-24/h2-12H,1H3,(H,23,25). The Morgan fingerprint density at radius 1 is 1.12 bits per heavy atom. The molecule has 128 valence electrons. The van der Waals surface area contributed by atoms with Crippen molar-refractivity contribution in [3.05, 3.63) is 78.6 Å². The Bertz CT molecular complexity index is 1040. The van der Waals surface area contributed by atoms with E-state index in [-0.39, 0.29) is 5.91 Å². The van der Waals surface area contributed by atoms with Crippen molar-refractivity contribution < 1.29 is 9.21 Å². The maximum Gasteiger partial charge on any atom is 0.257 e. The molecule has 0 saturated carbocycles. The Hall–Kier alpha value is -3.74. The van der Waals surface area contributed by atoms with Gasteiger partial charge in [0.25, 0.3) is 5.91 Å². The number of carbonyl (C=O) groups is 1. The first-order chi connectivity index (χ1) is 12.7. The summed E-state index contributed by atoms with van der Waals surface area (Å²) >= 11 is 0. The van der Waals surface area contributed by atoms with Crippen molar-refractivity contribution >= 4 is 11.6 Å². The molecule has 4 aromatic heterocycles. The van der Waals surface area contributed by atoms with E-state index in [1.807, 2.05) is 6.07 Å². The SMILES string of the molecule is Cc1nc(-c2ccco2)ccc1C(=O)Nc1cccnc1-n1cccn1. The molecule has 7 heteroatoms. The van der Waals surface area contributed by atoms with Crippen LogP contribution in [0.15, 0.2) is 71.7 Å². The van der Waals surface area contributed by atoms with Crippen LogP contribution in [0, 0.1) is 6.92 Å². The zero-order valence-corrected chi connectivity index (χ0v) is 14.0. The summed E-state index contributed by atoms with van der Waals surface area (Å²) in [5.41, 5.74) is 2.34. The Morgan fingerprint density at radius 3 is 2.77 bits per heavy atom. The highest BCUT2D eigenvalue weighted by atomic mass is 16.3. The number of hydrogen-bond donors (Lipinski definition) is 1. The first-order valence-corrected chi connectivity index (χ1v) is 8.00. The number of pyridine rings is 2. The van der Waals surface area contributed by atoms with Gasteiger partial charge >= 0.3 is 0 Å². The van der Waals surface area contributed by atoms with E-state index in [9.17, 15) is 4.79 Å². The second kappa shape index (κ2) is 6.64. The lowest BCUT2D eigenvalue weighted by atomic mass is 10.1. The smallest absolute Gasteiger partial charge is 0.257 e. The fourth-order valence-electron chi connectivity index (χ4n) is 2.62. The molecule has 1 amide bonds. The summed E-state index contributed by atoms with van der Waals surface area (Å²) in [6, 6.07) is 12.5. The van der Waals surface area contributed by atoms with Gasteiger partial charge in [-0.25, -0.2) is 14.6 Å². The highest BCUT2D eigenvalue weighted by Gasteiger charge is 2.15. The molecule has 0 atom stereocenters. The summed E-state index contributed by atoms with van der Waals surface area (Å²) in [6.07, 6.45) is 6.66. The second-order valence-electron chi connectivity index (χ2n) is 5.59. The summed E-state index contributed by atoms with van der Waals surface area (Å²) in [5, 5.41) is 7.05. The molecule has 0 fully saturated rings. The number of hydrogen-bond acceptors (Lipinski definition) is 5. The van der Waals surface area contributed by atoms with Gasteiger partial charge in [0.15, 0.2) is 11.6 Å². The second-order valence-corrected chi connectivity index (χ2v) is 5.59. The Balaban J connectivity index is 1.62. The number of anilines is 1. The van der Waals surface area contributed by atoms with Crippen LogP contribution in [0.25, 0.3) is 17.3 Å². The van der Waals surface area contributed by atoms with Crippen LogP contribution in [0.1, 0.15) is 16.1 Å². The van der Waals surface area contributed by atoms with E-state index in [4.69, 9.17) is 4.42 Å². The third-order valence-electron chi connectivity index (χ3n) is 3.86. The number of nitrogens with zero attached hydrogens (tertiary/aromatic N) is 4. The largest absolute Gasteiger partial charge is 0.463 e. The molecular weight excluding hydrogens is 330 g/mol. The van der Waals surface area contributed by atoms with E-state index in [1.54, 1.807) is 72.9 Å². The van der Waals surface area contributed by atoms with E-state index >= 15 is 0 Å². The Labute approximate surface area is 149 Å². The van der Waals surface area contributed by atoms with Gasteiger partial charge in [-0.05, 0) is 49.4 Å². The molecule has 7 nitrogen and oxygen atoms in total. The van der Waals surface area contributed by atoms with E-state index in [1.165, 1.54) is 0 Å². The third-order valence-corrected chi connectivity index (χ3v) is 3.86. The lowest BCUT2D eigenvalue weighted by Gasteiger charge is -2.11. The molecular formula is C19H15N5O2. The van der Waals surface area contributed by atoms with Crippen LogP contribution < -0.4 is 5.32 Å². The van der Waals surface area contributed by atoms with Gasteiger partial charge in [0.1, 0.15) is 5.69 Å². The Kier molecular flexibility index (Phi) is 4.03. The zero-order chi connectivity index (χ0) is 17.9. The molecule has 0 spiro atoms. The maximum absolute atomic E-state index is 12.7. The number of aromatic nitrogens is 4. The van der Waals surface area contributed by atoms with E-state index in [2.05, 4.69) is 20.4 Å².